The van der Waals surface area contributed by atoms with Crippen LogP contribution in [0.3, 0.4) is 0 Å². The standard InChI is InChI=1S/C23H24N4O5/c1-31-12-13-32-22-19(10-5-11-24-22)25-20(28)15-6-4-7-16(14-15)27-23(30)18-9-3-2-8-17(18)21(29)26-27/h2-7,10-11,14,17-18H,8-9,12-13H2,1H3,(H,25,28)(H,26,29). The van der Waals surface area contributed by atoms with E-state index in [1.807, 2.05) is 12.2 Å². The van der Waals surface area contributed by atoms with Crippen LogP contribution in [0, 0.1) is 11.8 Å². The fraction of sp³-hybridized carbons (Fsp3) is 0.304. The molecule has 1 aliphatic carbocycles. The molecule has 1 aromatic heterocycles. The van der Waals surface area contributed by atoms with E-state index in [1.54, 1.807) is 49.7 Å². The molecule has 9 nitrogen and oxygen atoms in total. The minimum Gasteiger partial charge on any atom is -0.474 e. The van der Waals surface area contributed by atoms with Gasteiger partial charge in [-0.2, -0.15) is 0 Å². The molecule has 9 heteroatoms. The number of nitrogens with zero attached hydrogens (tertiary/aromatic N) is 2. The van der Waals surface area contributed by atoms with E-state index in [9.17, 15) is 14.4 Å². The first kappa shape index (κ1) is 21.5. The number of nitrogens with one attached hydrogen (secondary N) is 2. The predicted octanol–water partition coefficient (Wildman–Crippen LogP) is 2.32. The minimum absolute atomic E-state index is 0.183. The van der Waals surface area contributed by atoms with Crippen LogP contribution in [0.2, 0.25) is 0 Å². The summed E-state index contributed by atoms with van der Waals surface area (Å²) in [6.07, 6.45) is 6.51. The number of ether oxygens (including phenoxy) is 2. The zero-order valence-electron chi connectivity index (χ0n) is 17.6. The smallest absolute Gasteiger partial charge is 0.255 e. The Kier molecular flexibility index (Phi) is 6.46. The number of pyridine rings is 1. The maximum atomic E-state index is 13.0. The molecule has 1 aromatic carbocycles. The number of anilines is 2. The summed E-state index contributed by atoms with van der Waals surface area (Å²) in [4.78, 5) is 42.5. The Labute approximate surface area is 185 Å². The van der Waals surface area contributed by atoms with Crippen molar-refractivity contribution in [3.63, 3.8) is 0 Å². The molecule has 2 aliphatic rings. The Morgan fingerprint density at radius 3 is 2.78 bits per heavy atom. The topological polar surface area (TPSA) is 110 Å². The van der Waals surface area contributed by atoms with E-state index < -0.39 is 11.8 Å². The normalized spacial score (nSPS) is 19.8. The van der Waals surface area contributed by atoms with Gasteiger partial charge in [0.15, 0.2) is 0 Å². The molecule has 32 heavy (non-hydrogen) atoms. The third-order valence-corrected chi connectivity index (χ3v) is 5.44. The molecule has 2 aromatic rings. The molecule has 2 heterocycles. The van der Waals surface area contributed by atoms with Crippen molar-refractivity contribution in [2.24, 2.45) is 11.8 Å². The number of rotatable bonds is 7. The molecule has 166 valence electrons. The van der Waals surface area contributed by atoms with Gasteiger partial charge in [-0.3, -0.25) is 19.8 Å². The van der Waals surface area contributed by atoms with Gasteiger partial charge in [0.1, 0.15) is 12.3 Å². The van der Waals surface area contributed by atoms with Crippen LogP contribution in [-0.4, -0.2) is 43.0 Å². The molecule has 4 rings (SSSR count). The highest BCUT2D eigenvalue weighted by atomic mass is 16.5. The van der Waals surface area contributed by atoms with Crippen LogP contribution in [-0.2, 0) is 14.3 Å². The molecule has 2 atom stereocenters. The summed E-state index contributed by atoms with van der Waals surface area (Å²) in [5, 5.41) is 4.02. The van der Waals surface area contributed by atoms with Gasteiger partial charge in [-0.1, -0.05) is 18.2 Å². The molecule has 2 N–H and O–H groups in total. The van der Waals surface area contributed by atoms with E-state index >= 15 is 0 Å². The van der Waals surface area contributed by atoms with Gasteiger partial charge in [-0.15, -0.1) is 0 Å². The van der Waals surface area contributed by atoms with Crippen LogP contribution in [0.15, 0.2) is 54.7 Å². The highest BCUT2D eigenvalue weighted by Crippen LogP contribution is 2.32. The van der Waals surface area contributed by atoms with Crippen molar-refractivity contribution in [1.82, 2.24) is 10.4 Å². The van der Waals surface area contributed by atoms with Gasteiger partial charge in [0.25, 0.3) is 5.91 Å². The maximum absolute atomic E-state index is 13.0. The number of amides is 3. The number of carbonyl (C=O) groups is 3. The second-order valence-electron chi connectivity index (χ2n) is 7.51. The Morgan fingerprint density at radius 2 is 1.97 bits per heavy atom. The molecule has 1 fully saturated rings. The van der Waals surface area contributed by atoms with Crippen molar-refractivity contribution >= 4 is 29.1 Å². The number of methoxy groups -OCH3 is 1. The van der Waals surface area contributed by atoms with Crippen LogP contribution in [0.5, 0.6) is 5.88 Å². The minimum atomic E-state index is -0.397. The van der Waals surface area contributed by atoms with Crippen molar-refractivity contribution in [3.05, 3.63) is 60.3 Å². The fourth-order valence-corrected chi connectivity index (χ4v) is 3.79. The van der Waals surface area contributed by atoms with Crippen molar-refractivity contribution in [2.75, 3.05) is 30.6 Å². The molecular formula is C23H24N4O5. The summed E-state index contributed by atoms with van der Waals surface area (Å²) < 4.78 is 10.5. The molecule has 0 spiro atoms. The van der Waals surface area contributed by atoms with E-state index in [-0.39, 0.29) is 23.6 Å². The molecular weight excluding hydrogens is 412 g/mol. The van der Waals surface area contributed by atoms with Gasteiger partial charge >= 0.3 is 0 Å². The summed E-state index contributed by atoms with van der Waals surface area (Å²) >= 11 is 0. The van der Waals surface area contributed by atoms with E-state index in [4.69, 9.17) is 9.47 Å². The van der Waals surface area contributed by atoms with E-state index in [0.717, 1.165) is 0 Å². The number of hydrazine groups is 1. The van der Waals surface area contributed by atoms with Crippen molar-refractivity contribution in [1.29, 1.82) is 0 Å². The Hall–Kier alpha value is -3.72. The van der Waals surface area contributed by atoms with Gasteiger partial charge in [0.2, 0.25) is 17.7 Å². The van der Waals surface area contributed by atoms with Crippen LogP contribution in [0.25, 0.3) is 0 Å². The molecule has 0 radical (unpaired) electrons. The van der Waals surface area contributed by atoms with E-state index in [2.05, 4.69) is 15.7 Å². The van der Waals surface area contributed by atoms with Crippen molar-refractivity contribution in [3.8, 4) is 5.88 Å². The van der Waals surface area contributed by atoms with Crippen molar-refractivity contribution in [2.45, 2.75) is 12.8 Å². The highest BCUT2D eigenvalue weighted by Gasteiger charge is 2.42. The number of fused-ring (bicyclic) bond motifs is 1. The lowest BCUT2D eigenvalue weighted by Crippen LogP contribution is -2.59. The maximum Gasteiger partial charge on any atom is 0.255 e. The number of benzene rings is 1. The monoisotopic (exact) mass is 436 g/mol. The zero-order chi connectivity index (χ0) is 22.5. The summed E-state index contributed by atoms with van der Waals surface area (Å²) in [5.74, 6) is -1.24. The lowest BCUT2D eigenvalue weighted by Gasteiger charge is -2.38. The number of hydrogen-bond acceptors (Lipinski definition) is 6. The summed E-state index contributed by atoms with van der Waals surface area (Å²) in [6, 6.07) is 9.90. The Bertz CT molecular complexity index is 1050. The first-order valence-electron chi connectivity index (χ1n) is 10.4. The third kappa shape index (κ3) is 4.47. The predicted molar refractivity (Wildman–Crippen MR) is 117 cm³/mol. The van der Waals surface area contributed by atoms with Gasteiger partial charge in [0, 0.05) is 18.9 Å². The van der Waals surface area contributed by atoms with Gasteiger partial charge in [-0.25, -0.2) is 9.99 Å². The Balaban J connectivity index is 1.51. The van der Waals surface area contributed by atoms with E-state index in [1.165, 1.54) is 5.01 Å². The lowest BCUT2D eigenvalue weighted by molar-refractivity contribution is -0.139. The van der Waals surface area contributed by atoms with Crippen LogP contribution >= 0.6 is 0 Å². The van der Waals surface area contributed by atoms with E-state index in [0.29, 0.717) is 43.0 Å². The molecule has 2 unspecified atom stereocenters. The number of hydrogen-bond donors (Lipinski definition) is 2. The largest absolute Gasteiger partial charge is 0.474 e. The summed E-state index contributed by atoms with van der Waals surface area (Å²) in [6.45, 7) is 0.680. The summed E-state index contributed by atoms with van der Waals surface area (Å²) in [7, 11) is 1.57. The van der Waals surface area contributed by atoms with Gasteiger partial charge in [0.05, 0.1) is 24.1 Å². The quantitative estimate of drug-likeness (QED) is 0.509. The summed E-state index contributed by atoms with van der Waals surface area (Å²) in [5.41, 5.74) is 3.83. The van der Waals surface area contributed by atoms with Crippen LogP contribution < -0.4 is 20.5 Å². The fourth-order valence-electron chi connectivity index (χ4n) is 3.79. The first-order valence-corrected chi connectivity index (χ1v) is 10.4. The molecule has 1 aliphatic heterocycles. The zero-order valence-corrected chi connectivity index (χ0v) is 17.6. The highest BCUT2D eigenvalue weighted by molar-refractivity contribution is 6.07. The second kappa shape index (κ2) is 9.61. The molecule has 0 saturated carbocycles. The van der Waals surface area contributed by atoms with Gasteiger partial charge < -0.3 is 14.8 Å². The number of allylic oxidation sites excluding steroid dienone is 2. The van der Waals surface area contributed by atoms with Crippen LogP contribution in [0.4, 0.5) is 11.4 Å². The lowest BCUT2D eigenvalue weighted by atomic mass is 9.80. The average Bonchev–Trinajstić information content (AvgIpc) is 2.83. The average molecular weight is 436 g/mol. The molecule has 1 saturated heterocycles. The first-order chi connectivity index (χ1) is 15.6. The third-order valence-electron chi connectivity index (χ3n) is 5.44. The molecule has 3 amide bonds. The second-order valence-corrected chi connectivity index (χ2v) is 7.51. The van der Waals surface area contributed by atoms with Crippen molar-refractivity contribution < 1.29 is 23.9 Å². The number of aromatic nitrogens is 1. The SMILES string of the molecule is COCCOc1ncccc1NC(=O)c1cccc(N2NC(=O)C3CC=CCC3C2=O)c1. The van der Waals surface area contributed by atoms with Gasteiger partial charge in [-0.05, 0) is 43.2 Å². The van der Waals surface area contributed by atoms with Crippen LogP contribution in [0.1, 0.15) is 23.2 Å². The Morgan fingerprint density at radius 1 is 1.16 bits per heavy atom. The molecule has 0 bridgehead atoms. The number of carbonyl (C=O) groups excluding carboxylic acids is 3.